The fraction of sp³-hybridized carbons (Fsp3) is 0.889. The Morgan fingerprint density at radius 1 is 1.59 bits per heavy atom. The highest BCUT2D eigenvalue weighted by Gasteiger charge is 2.34. The van der Waals surface area contributed by atoms with E-state index in [0.717, 1.165) is 13.5 Å². The second-order valence-corrected chi connectivity index (χ2v) is 5.85. The molecule has 1 saturated heterocycles. The van der Waals surface area contributed by atoms with Gasteiger partial charge in [-0.2, -0.15) is 12.7 Å². The number of nitrogens with zero attached hydrogens (tertiary/aromatic N) is 1. The second-order valence-electron chi connectivity index (χ2n) is 4.23. The van der Waals surface area contributed by atoms with Crippen molar-refractivity contribution in [2.24, 2.45) is 11.7 Å². The molecule has 1 amide bonds. The van der Waals surface area contributed by atoms with Crippen molar-refractivity contribution in [3.05, 3.63) is 0 Å². The number of carbonyl (C=O) groups is 1. The van der Waals surface area contributed by atoms with Gasteiger partial charge in [-0.05, 0) is 18.8 Å². The Labute approximate surface area is 101 Å². The molecule has 0 aromatic rings. The summed E-state index contributed by atoms with van der Waals surface area (Å²) < 4.78 is 31.1. The summed E-state index contributed by atoms with van der Waals surface area (Å²) in [6, 6.07) is -0.263. The van der Waals surface area contributed by atoms with Crippen molar-refractivity contribution in [2.75, 3.05) is 20.2 Å². The molecule has 1 aliphatic rings. The fourth-order valence-electron chi connectivity index (χ4n) is 1.97. The van der Waals surface area contributed by atoms with Gasteiger partial charge in [-0.15, -0.1) is 0 Å². The van der Waals surface area contributed by atoms with E-state index in [2.05, 4.69) is 11.7 Å². The molecule has 0 spiro atoms. The quantitative estimate of drug-likeness (QED) is 0.726. The van der Waals surface area contributed by atoms with E-state index >= 15 is 0 Å². The molecule has 8 heteroatoms. The topological polar surface area (TPSA) is 102 Å². The number of methoxy groups -OCH3 is 1. The average Bonchev–Trinajstić information content (AvgIpc) is 2.27. The number of rotatable bonds is 3. The zero-order valence-electron chi connectivity index (χ0n) is 10.0. The number of nitrogens with two attached hydrogens (primary N) is 1. The van der Waals surface area contributed by atoms with Crippen LogP contribution in [-0.2, 0) is 14.9 Å². The van der Waals surface area contributed by atoms with E-state index in [0.29, 0.717) is 18.9 Å². The summed E-state index contributed by atoms with van der Waals surface area (Å²) in [5, 5.41) is 0. The van der Waals surface area contributed by atoms with E-state index in [9.17, 15) is 13.2 Å². The molecule has 0 saturated carbocycles. The summed E-state index contributed by atoms with van der Waals surface area (Å²) in [6.07, 6.45) is 0.483. The van der Waals surface area contributed by atoms with Crippen LogP contribution in [-0.4, -0.2) is 45.1 Å². The molecule has 0 aromatic heterocycles. The maximum Gasteiger partial charge on any atom is 0.421 e. The van der Waals surface area contributed by atoms with E-state index in [1.165, 1.54) is 4.31 Å². The van der Waals surface area contributed by atoms with Gasteiger partial charge < -0.3 is 10.5 Å². The molecule has 0 radical (unpaired) electrons. The Hall–Kier alpha value is -0.860. The lowest BCUT2D eigenvalue weighted by Crippen LogP contribution is -2.54. The minimum Gasteiger partial charge on any atom is -0.452 e. The molecule has 3 N–H and O–H groups in total. The van der Waals surface area contributed by atoms with Gasteiger partial charge in [0.05, 0.1) is 7.11 Å². The molecule has 1 fully saturated rings. The highest BCUT2D eigenvalue weighted by molar-refractivity contribution is 7.87. The molecule has 0 bridgehead atoms. The van der Waals surface area contributed by atoms with Crippen molar-refractivity contribution in [2.45, 2.75) is 25.8 Å². The van der Waals surface area contributed by atoms with Crippen LogP contribution in [0.5, 0.6) is 0 Å². The van der Waals surface area contributed by atoms with Crippen molar-refractivity contribution >= 4 is 16.3 Å². The maximum absolute atomic E-state index is 11.9. The van der Waals surface area contributed by atoms with Crippen LogP contribution in [0.2, 0.25) is 0 Å². The fourth-order valence-corrected chi connectivity index (χ4v) is 3.29. The van der Waals surface area contributed by atoms with E-state index in [4.69, 9.17) is 5.73 Å². The highest BCUT2D eigenvalue weighted by atomic mass is 32.2. The number of hydrogen-bond donors (Lipinski definition) is 2. The zero-order chi connectivity index (χ0) is 13.1. The van der Waals surface area contributed by atoms with Crippen LogP contribution < -0.4 is 10.5 Å². The third-order valence-electron chi connectivity index (χ3n) is 2.90. The minimum atomic E-state index is -3.85. The molecule has 17 heavy (non-hydrogen) atoms. The normalized spacial score (nSPS) is 26.5. The van der Waals surface area contributed by atoms with Gasteiger partial charge >= 0.3 is 16.3 Å². The number of piperidine rings is 1. The largest absolute Gasteiger partial charge is 0.452 e. The molecule has 100 valence electrons. The Balaban J connectivity index is 2.79. The molecule has 1 heterocycles. The third kappa shape index (κ3) is 3.55. The van der Waals surface area contributed by atoms with Gasteiger partial charge in [0.25, 0.3) is 0 Å². The molecule has 7 nitrogen and oxygen atoms in total. The van der Waals surface area contributed by atoms with E-state index in [1.54, 1.807) is 0 Å². The Morgan fingerprint density at radius 3 is 2.76 bits per heavy atom. The molecular formula is C9H19N3O4S. The van der Waals surface area contributed by atoms with Crippen LogP contribution >= 0.6 is 0 Å². The summed E-state index contributed by atoms with van der Waals surface area (Å²) >= 11 is 0. The van der Waals surface area contributed by atoms with Gasteiger partial charge in [0.15, 0.2) is 0 Å². The summed E-state index contributed by atoms with van der Waals surface area (Å²) in [6.45, 7) is 2.67. The highest BCUT2D eigenvalue weighted by Crippen LogP contribution is 2.23. The molecule has 2 atom stereocenters. The summed E-state index contributed by atoms with van der Waals surface area (Å²) in [4.78, 5) is 11.0. The number of carbonyl (C=O) groups excluding carboxylic acids is 1. The van der Waals surface area contributed by atoms with Crippen LogP contribution in [0, 0.1) is 5.92 Å². The van der Waals surface area contributed by atoms with Crippen LogP contribution in [0.4, 0.5) is 4.79 Å². The van der Waals surface area contributed by atoms with Crippen LogP contribution in [0.25, 0.3) is 0 Å². The first-order chi connectivity index (χ1) is 7.90. The second kappa shape index (κ2) is 5.65. The maximum atomic E-state index is 11.9. The van der Waals surface area contributed by atoms with Crippen molar-refractivity contribution in [3.63, 3.8) is 0 Å². The first-order valence-corrected chi connectivity index (χ1v) is 6.92. The number of hydrogen-bond acceptors (Lipinski definition) is 5. The van der Waals surface area contributed by atoms with Crippen molar-refractivity contribution in [3.8, 4) is 0 Å². The smallest absolute Gasteiger partial charge is 0.421 e. The van der Waals surface area contributed by atoms with Gasteiger partial charge in [-0.25, -0.2) is 9.52 Å². The van der Waals surface area contributed by atoms with Crippen molar-refractivity contribution < 1.29 is 17.9 Å². The molecule has 1 aliphatic heterocycles. The van der Waals surface area contributed by atoms with Crippen LogP contribution in [0.3, 0.4) is 0 Å². The Bertz CT molecular complexity index is 370. The van der Waals surface area contributed by atoms with E-state index in [1.807, 2.05) is 4.72 Å². The number of amides is 1. The number of ether oxygens (including phenoxy) is 1. The third-order valence-corrected chi connectivity index (χ3v) is 4.43. The zero-order valence-corrected chi connectivity index (χ0v) is 10.9. The SMILES string of the molecule is COC(=O)NS(=O)(=O)N1CCC(C)CC1CN. The van der Waals surface area contributed by atoms with Crippen LogP contribution in [0.1, 0.15) is 19.8 Å². The number of nitrogens with one attached hydrogen (secondary N) is 1. The lowest BCUT2D eigenvalue weighted by Gasteiger charge is -2.36. The Kier molecular flexibility index (Phi) is 4.72. The summed E-state index contributed by atoms with van der Waals surface area (Å²) in [5.41, 5.74) is 5.57. The minimum absolute atomic E-state index is 0.242. The van der Waals surface area contributed by atoms with E-state index in [-0.39, 0.29) is 12.6 Å². The molecular weight excluding hydrogens is 246 g/mol. The van der Waals surface area contributed by atoms with E-state index < -0.39 is 16.3 Å². The molecule has 0 aromatic carbocycles. The average molecular weight is 265 g/mol. The lowest BCUT2D eigenvalue weighted by atomic mass is 9.94. The van der Waals surface area contributed by atoms with Gasteiger partial charge in [-0.3, -0.25) is 0 Å². The molecule has 0 aliphatic carbocycles. The predicted octanol–water partition coefficient (Wildman–Crippen LogP) is -0.354. The lowest BCUT2D eigenvalue weighted by molar-refractivity contribution is 0.173. The van der Waals surface area contributed by atoms with Crippen molar-refractivity contribution in [1.82, 2.24) is 9.03 Å². The molecule has 1 rings (SSSR count). The van der Waals surface area contributed by atoms with Crippen LogP contribution in [0.15, 0.2) is 0 Å². The monoisotopic (exact) mass is 265 g/mol. The summed E-state index contributed by atoms with van der Waals surface area (Å²) in [7, 11) is -2.74. The van der Waals surface area contributed by atoms with Gasteiger partial charge in [0.2, 0.25) is 0 Å². The first-order valence-electron chi connectivity index (χ1n) is 5.48. The van der Waals surface area contributed by atoms with Gasteiger partial charge in [0, 0.05) is 19.1 Å². The predicted molar refractivity (Wildman–Crippen MR) is 62.4 cm³/mol. The van der Waals surface area contributed by atoms with Gasteiger partial charge in [0.1, 0.15) is 0 Å². The summed E-state index contributed by atoms with van der Waals surface area (Å²) in [5.74, 6) is 0.438. The standard InChI is InChI=1S/C9H19N3O4S/c1-7-3-4-12(8(5-7)6-10)17(14,15)11-9(13)16-2/h7-8H,3-6,10H2,1-2H3,(H,11,13). The van der Waals surface area contributed by atoms with Crippen molar-refractivity contribution in [1.29, 1.82) is 0 Å². The Morgan fingerprint density at radius 2 is 2.24 bits per heavy atom. The molecule has 2 unspecified atom stereocenters. The van der Waals surface area contributed by atoms with Gasteiger partial charge in [-0.1, -0.05) is 6.92 Å². The first kappa shape index (κ1) is 14.2.